The largest absolute Gasteiger partial charge is 0.507 e. The van der Waals surface area contributed by atoms with E-state index in [1.165, 1.54) is 33.6 Å². The number of benzene rings is 1. The number of aryl methyl sites for hydroxylation is 1. The molecule has 4 atom stereocenters. The summed E-state index contributed by atoms with van der Waals surface area (Å²) in [5.41, 5.74) is 4.09. The molecule has 0 spiro atoms. The SMILES string of the molecule is CCCCCc1cc(O)c([C@@H]2C=C(C)CC[C@H]2NC(C)C)c(OCNCC2=C(C(=O)OCC(C)C)N3C(=O)[C@@H](NC(=O)Cc4cccs4)[C@H]3SC2)c1. The van der Waals surface area contributed by atoms with Crippen LogP contribution in [0.25, 0.3) is 0 Å². The number of nitrogens with one attached hydrogen (secondary N) is 3. The number of rotatable bonds is 18. The summed E-state index contributed by atoms with van der Waals surface area (Å²) in [6.45, 7) is 13.2. The van der Waals surface area contributed by atoms with E-state index in [9.17, 15) is 19.5 Å². The summed E-state index contributed by atoms with van der Waals surface area (Å²) in [4.78, 5) is 42.2. The van der Waals surface area contributed by atoms with Crippen LogP contribution in [0.4, 0.5) is 0 Å². The van der Waals surface area contributed by atoms with Crippen LogP contribution in [0.15, 0.2) is 52.6 Å². The van der Waals surface area contributed by atoms with Crippen molar-refractivity contribution in [3.63, 3.8) is 0 Å². The monoisotopic (exact) mass is 752 g/mol. The van der Waals surface area contributed by atoms with E-state index in [-0.39, 0.29) is 66.3 Å². The van der Waals surface area contributed by atoms with Crippen molar-refractivity contribution >= 4 is 40.9 Å². The van der Waals surface area contributed by atoms with Gasteiger partial charge >= 0.3 is 5.97 Å². The number of aromatic hydroxyl groups is 1. The number of ether oxygens (including phenoxy) is 2. The standard InChI is InChI=1S/C40H56N4O6S2/c1-7-8-9-11-27-17-32(45)35(30-16-26(6)13-14-31(30)42-25(4)5)33(18-27)50-23-41-20-28-22-52-39-36(43-34(46)19-29-12-10-15-51-29)38(47)44(39)37(28)40(48)49-21-24(2)3/h10,12,15-18,24-25,30-31,36,39,41-42,45H,7-9,11,13-14,19-23H2,1-6H3,(H,43,46)/t30-,31-,36-,39-/m1/s1. The molecule has 0 unspecified atom stereocenters. The van der Waals surface area contributed by atoms with Gasteiger partial charge < -0.3 is 25.2 Å². The van der Waals surface area contributed by atoms with E-state index in [4.69, 9.17) is 9.47 Å². The number of fused-ring (bicyclic) bond motifs is 1. The van der Waals surface area contributed by atoms with Crippen molar-refractivity contribution in [1.29, 1.82) is 0 Å². The zero-order valence-corrected chi connectivity index (χ0v) is 33.1. The summed E-state index contributed by atoms with van der Waals surface area (Å²) >= 11 is 3.02. The number of β-lactam (4-membered cyclic amide) rings is 1. The maximum atomic E-state index is 13.5. The first kappa shape index (κ1) is 39.9. The Morgan fingerprint density at radius 2 is 1.96 bits per heavy atom. The molecule has 1 aliphatic carbocycles. The lowest BCUT2D eigenvalue weighted by atomic mass is 9.80. The van der Waals surface area contributed by atoms with E-state index in [1.54, 1.807) is 0 Å². The van der Waals surface area contributed by atoms with Gasteiger partial charge in [-0.15, -0.1) is 23.1 Å². The number of thiophene rings is 1. The lowest BCUT2D eigenvalue weighted by molar-refractivity contribution is -0.153. The fourth-order valence-corrected chi connectivity index (χ4v) is 9.11. The number of nitrogens with zero attached hydrogens (tertiary/aromatic N) is 1. The summed E-state index contributed by atoms with van der Waals surface area (Å²) in [6.07, 6.45) is 8.55. The second kappa shape index (κ2) is 18.6. The zero-order chi connectivity index (χ0) is 37.4. The Morgan fingerprint density at radius 1 is 1.15 bits per heavy atom. The molecule has 52 heavy (non-hydrogen) atoms. The third kappa shape index (κ3) is 10.0. The highest BCUT2D eigenvalue weighted by Crippen LogP contribution is 2.43. The van der Waals surface area contributed by atoms with E-state index in [0.29, 0.717) is 24.1 Å². The van der Waals surface area contributed by atoms with Crippen molar-refractivity contribution in [2.45, 2.75) is 116 Å². The normalized spacial score (nSPS) is 21.6. The fraction of sp³-hybridized carbons (Fsp3) is 0.575. The first-order valence-electron chi connectivity index (χ1n) is 18.7. The average Bonchev–Trinajstić information content (AvgIpc) is 3.61. The van der Waals surface area contributed by atoms with Crippen LogP contribution in [0.3, 0.4) is 0 Å². The molecule has 1 aromatic carbocycles. The van der Waals surface area contributed by atoms with Gasteiger partial charge in [-0.2, -0.15) is 0 Å². The lowest BCUT2D eigenvalue weighted by Crippen LogP contribution is -2.70. The van der Waals surface area contributed by atoms with Gasteiger partial charge in [-0.1, -0.05) is 65.2 Å². The maximum absolute atomic E-state index is 13.5. The second-order valence-electron chi connectivity index (χ2n) is 14.9. The van der Waals surface area contributed by atoms with Gasteiger partial charge in [0.15, 0.2) is 0 Å². The van der Waals surface area contributed by atoms with Crippen LogP contribution in [0.5, 0.6) is 11.5 Å². The van der Waals surface area contributed by atoms with Gasteiger partial charge in [-0.3, -0.25) is 19.8 Å². The number of hydrogen-bond acceptors (Lipinski definition) is 10. The molecular weight excluding hydrogens is 697 g/mol. The van der Waals surface area contributed by atoms with Gasteiger partial charge in [-0.05, 0) is 73.2 Å². The molecule has 2 aliphatic heterocycles. The fourth-order valence-electron chi connectivity index (χ4n) is 7.06. The molecule has 2 aromatic rings. The van der Waals surface area contributed by atoms with Crippen molar-refractivity contribution in [3.8, 4) is 11.5 Å². The highest BCUT2D eigenvalue weighted by molar-refractivity contribution is 8.00. The molecule has 0 bridgehead atoms. The van der Waals surface area contributed by atoms with Crippen LogP contribution in [-0.4, -0.2) is 76.9 Å². The molecule has 2 amide bonds. The van der Waals surface area contributed by atoms with Crippen molar-refractivity contribution in [1.82, 2.24) is 20.9 Å². The van der Waals surface area contributed by atoms with Crippen LogP contribution in [0.1, 0.15) is 95.6 Å². The van der Waals surface area contributed by atoms with Gasteiger partial charge in [0, 0.05) is 40.7 Å². The number of esters is 1. The van der Waals surface area contributed by atoms with E-state index >= 15 is 0 Å². The van der Waals surface area contributed by atoms with Gasteiger partial charge in [-0.25, -0.2) is 4.79 Å². The molecule has 0 radical (unpaired) electrons. The predicted octanol–water partition coefficient (Wildman–Crippen LogP) is 6.40. The van der Waals surface area contributed by atoms with Crippen LogP contribution >= 0.6 is 23.1 Å². The number of allylic oxidation sites excluding steroid dienone is 1. The third-order valence-corrected chi connectivity index (χ3v) is 11.8. The number of thioether (sulfide) groups is 1. The van der Waals surface area contributed by atoms with Crippen LogP contribution in [0, 0.1) is 5.92 Å². The Hall–Kier alpha value is -3.32. The van der Waals surface area contributed by atoms with Crippen molar-refractivity contribution in [2.24, 2.45) is 5.92 Å². The second-order valence-corrected chi connectivity index (χ2v) is 17.0. The highest BCUT2D eigenvalue weighted by atomic mass is 32.2. The van der Waals surface area contributed by atoms with Gasteiger partial charge in [0.1, 0.15) is 35.3 Å². The average molecular weight is 753 g/mol. The van der Waals surface area contributed by atoms with Crippen LogP contribution in [0.2, 0.25) is 0 Å². The number of carbonyl (C=O) groups excluding carboxylic acids is 3. The quantitative estimate of drug-likeness (QED) is 0.0450. The minimum absolute atomic E-state index is 0.0521. The molecule has 5 rings (SSSR count). The Labute approximate surface area is 317 Å². The minimum Gasteiger partial charge on any atom is -0.507 e. The number of phenols is 1. The number of phenolic OH excluding ortho intramolecular Hbond substituents is 1. The van der Waals surface area contributed by atoms with Crippen LogP contribution in [-0.2, 0) is 32.0 Å². The van der Waals surface area contributed by atoms with E-state index in [0.717, 1.165) is 60.1 Å². The topological polar surface area (TPSA) is 129 Å². The van der Waals surface area contributed by atoms with Gasteiger partial charge in [0.2, 0.25) is 5.91 Å². The Balaban J connectivity index is 1.33. The summed E-state index contributed by atoms with van der Waals surface area (Å²) in [6, 6.07) is 7.50. The minimum atomic E-state index is -0.703. The van der Waals surface area contributed by atoms with Crippen molar-refractivity contribution < 1.29 is 29.0 Å². The Morgan fingerprint density at radius 3 is 2.67 bits per heavy atom. The Kier molecular flexibility index (Phi) is 14.3. The van der Waals surface area contributed by atoms with Gasteiger partial charge in [0.25, 0.3) is 5.91 Å². The molecule has 1 aromatic heterocycles. The van der Waals surface area contributed by atoms with Gasteiger partial charge in [0.05, 0.1) is 13.0 Å². The number of amides is 2. The summed E-state index contributed by atoms with van der Waals surface area (Å²) < 4.78 is 12.1. The Bertz CT molecular complexity index is 1620. The number of carbonyl (C=O) groups is 3. The summed E-state index contributed by atoms with van der Waals surface area (Å²) in [5.74, 6) is 0.382. The van der Waals surface area contributed by atoms with Crippen molar-refractivity contribution in [2.75, 3.05) is 25.6 Å². The lowest BCUT2D eigenvalue weighted by Gasteiger charge is -2.49. The molecule has 284 valence electrons. The maximum Gasteiger partial charge on any atom is 0.355 e. The first-order valence-corrected chi connectivity index (χ1v) is 20.7. The number of unbranched alkanes of at least 4 members (excludes halogenated alkanes) is 2. The van der Waals surface area contributed by atoms with Crippen LogP contribution < -0.4 is 20.7 Å². The third-order valence-electron chi connectivity index (χ3n) is 9.56. The molecule has 1 saturated heterocycles. The number of hydrogen-bond donors (Lipinski definition) is 4. The molecule has 3 heterocycles. The molecule has 4 N–H and O–H groups in total. The molecule has 12 heteroatoms. The highest BCUT2D eigenvalue weighted by Gasteiger charge is 2.54. The summed E-state index contributed by atoms with van der Waals surface area (Å²) in [5, 5.41) is 23.0. The smallest absolute Gasteiger partial charge is 0.355 e. The zero-order valence-electron chi connectivity index (χ0n) is 31.5. The summed E-state index contributed by atoms with van der Waals surface area (Å²) in [7, 11) is 0. The molecule has 10 nitrogen and oxygen atoms in total. The van der Waals surface area contributed by atoms with Crippen molar-refractivity contribution in [3.05, 3.63) is 68.6 Å². The molecular formula is C40H56N4O6S2. The first-order chi connectivity index (χ1) is 25.0. The predicted molar refractivity (Wildman–Crippen MR) is 208 cm³/mol. The van der Waals surface area contributed by atoms with E-state index in [2.05, 4.69) is 55.8 Å². The molecule has 0 saturated carbocycles. The molecule has 1 fully saturated rings. The van der Waals surface area contributed by atoms with E-state index in [1.807, 2.05) is 37.4 Å². The van der Waals surface area contributed by atoms with E-state index < -0.39 is 12.0 Å². The molecule has 3 aliphatic rings.